The zero-order chi connectivity index (χ0) is 13.8. The number of benzene rings is 1. The van der Waals surface area contributed by atoms with Gasteiger partial charge in [0.15, 0.2) is 0 Å². The van der Waals surface area contributed by atoms with Crippen LogP contribution in [0, 0.1) is 10.1 Å². The second-order valence-corrected chi connectivity index (χ2v) is 5.14. The van der Waals surface area contributed by atoms with Crippen molar-refractivity contribution >= 4 is 23.0 Å². The SMILES string of the molecule is COC1CCCCC1Nc1ccc([N+](=O)[O-])c(Cl)c1. The number of halogens is 1. The topological polar surface area (TPSA) is 64.4 Å². The first kappa shape index (κ1) is 14.1. The number of nitrogens with zero attached hydrogens (tertiary/aromatic N) is 1. The van der Waals surface area contributed by atoms with Crippen molar-refractivity contribution < 1.29 is 9.66 Å². The van der Waals surface area contributed by atoms with Crippen LogP contribution < -0.4 is 5.32 Å². The van der Waals surface area contributed by atoms with E-state index in [0.29, 0.717) is 0 Å². The van der Waals surface area contributed by atoms with E-state index < -0.39 is 4.92 Å². The summed E-state index contributed by atoms with van der Waals surface area (Å²) in [6.07, 6.45) is 4.60. The van der Waals surface area contributed by atoms with Crippen LogP contribution in [0.3, 0.4) is 0 Å². The average molecular weight is 285 g/mol. The van der Waals surface area contributed by atoms with Crippen molar-refractivity contribution in [1.29, 1.82) is 0 Å². The van der Waals surface area contributed by atoms with Crippen molar-refractivity contribution in [3.63, 3.8) is 0 Å². The number of hydrogen-bond donors (Lipinski definition) is 1. The predicted molar refractivity (Wildman–Crippen MR) is 74.8 cm³/mol. The number of nitrogens with one attached hydrogen (secondary N) is 1. The summed E-state index contributed by atoms with van der Waals surface area (Å²) < 4.78 is 5.46. The third-order valence-corrected chi connectivity index (χ3v) is 3.80. The molecule has 2 unspecified atom stereocenters. The van der Waals surface area contributed by atoms with E-state index in [-0.39, 0.29) is 22.9 Å². The molecule has 1 saturated carbocycles. The van der Waals surface area contributed by atoms with Crippen LogP contribution >= 0.6 is 11.6 Å². The van der Waals surface area contributed by atoms with E-state index in [0.717, 1.165) is 24.9 Å². The van der Waals surface area contributed by atoms with Gasteiger partial charge in [-0.1, -0.05) is 24.4 Å². The summed E-state index contributed by atoms with van der Waals surface area (Å²) in [5.74, 6) is 0. The maximum absolute atomic E-state index is 10.7. The molecule has 104 valence electrons. The van der Waals surface area contributed by atoms with Gasteiger partial charge in [0.05, 0.1) is 17.1 Å². The molecule has 1 N–H and O–H groups in total. The Morgan fingerprint density at radius 2 is 2.16 bits per heavy atom. The fraction of sp³-hybridized carbons (Fsp3) is 0.538. The van der Waals surface area contributed by atoms with Crippen LogP contribution in [0.15, 0.2) is 18.2 Å². The van der Waals surface area contributed by atoms with Crippen molar-refractivity contribution in [2.24, 2.45) is 0 Å². The molecule has 2 atom stereocenters. The van der Waals surface area contributed by atoms with Crippen LogP contribution in [0.4, 0.5) is 11.4 Å². The standard InChI is InChI=1S/C13H17ClN2O3/c1-19-13-5-3-2-4-11(13)15-9-6-7-12(16(17)18)10(14)8-9/h6-8,11,13,15H,2-5H2,1H3. The number of nitro benzene ring substituents is 1. The Hall–Kier alpha value is -1.33. The molecule has 0 saturated heterocycles. The van der Waals surface area contributed by atoms with Crippen molar-refractivity contribution in [3.8, 4) is 0 Å². The number of nitro groups is 1. The molecule has 0 heterocycles. The first-order chi connectivity index (χ1) is 9.11. The Morgan fingerprint density at radius 1 is 1.42 bits per heavy atom. The second-order valence-electron chi connectivity index (χ2n) is 4.73. The van der Waals surface area contributed by atoms with E-state index in [1.165, 1.54) is 12.5 Å². The van der Waals surface area contributed by atoms with E-state index in [4.69, 9.17) is 16.3 Å². The zero-order valence-electron chi connectivity index (χ0n) is 10.8. The number of ether oxygens (including phenoxy) is 1. The molecule has 0 bridgehead atoms. The average Bonchev–Trinajstić information content (AvgIpc) is 2.39. The minimum Gasteiger partial charge on any atom is -0.380 e. The van der Waals surface area contributed by atoms with Gasteiger partial charge in [0.2, 0.25) is 0 Å². The van der Waals surface area contributed by atoms with Gasteiger partial charge in [0, 0.05) is 18.9 Å². The van der Waals surface area contributed by atoms with E-state index in [1.54, 1.807) is 19.2 Å². The Labute approximate surface area is 117 Å². The molecule has 2 rings (SSSR count). The third kappa shape index (κ3) is 3.36. The largest absolute Gasteiger partial charge is 0.380 e. The van der Waals surface area contributed by atoms with Crippen LogP contribution in [0.2, 0.25) is 5.02 Å². The monoisotopic (exact) mass is 284 g/mol. The minimum atomic E-state index is -0.481. The van der Waals surface area contributed by atoms with E-state index in [9.17, 15) is 10.1 Å². The van der Waals surface area contributed by atoms with Crippen LogP contribution in [-0.2, 0) is 4.74 Å². The summed E-state index contributed by atoms with van der Waals surface area (Å²) in [5, 5.41) is 14.2. The summed E-state index contributed by atoms with van der Waals surface area (Å²) in [6, 6.07) is 4.94. The molecule has 0 aliphatic heterocycles. The van der Waals surface area contributed by atoms with Crippen LogP contribution in [-0.4, -0.2) is 24.2 Å². The van der Waals surface area contributed by atoms with Crippen LogP contribution in [0.5, 0.6) is 0 Å². The summed E-state index contributed by atoms with van der Waals surface area (Å²) in [6.45, 7) is 0. The summed E-state index contributed by atoms with van der Waals surface area (Å²) in [4.78, 5) is 10.2. The fourth-order valence-electron chi connectivity index (χ4n) is 2.50. The maximum Gasteiger partial charge on any atom is 0.288 e. The lowest BCUT2D eigenvalue weighted by Gasteiger charge is -2.31. The summed E-state index contributed by atoms with van der Waals surface area (Å²) in [5.41, 5.74) is 0.726. The van der Waals surface area contributed by atoms with E-state index in [1.807, 2.05) is 0 Å². The number of rotatable bonds is 4. The molecular weight excluding hydrogens is 268 g/mol. The summed E-state index contributed by atoms with van der Waals surface area (Å²) >= 11 is 5.90. The molecular formula is C13H17ClN2O3. The highest BCUT2D eigenvalue weighted by Gasteiger charge is 2.25. The first-order valence-electron chi connectivity index (χ1n) is 6.35. The molecule has 1 aliphatic rings. The van der Waals surface area contributed by atoms with Crippen molar-refractivity contribution in [2.75, 3.05) is 12.4 Å². The lowest BCUT2D eigenvalue weighted by atomic mass is 9.92. The first-order valence-corrected chi connectivity index (χ1v) is 6.73. The fourth-order valence-corrected chi connectivity index (χ4v) is 2.75. The Balaban J connectivity index is 2.10. The quantitative estimate of drug-likeness (QED) is 0.677. The smallest absolute Gasteiger partial charge is 0.288 e. The molecule has 1 aromatic rings. The molecule has 19 heavy (non-hydrogen) atoms. The van der Waals surface area contributed by atoms with Gasteiger partial charge in [0.25, 0.3) is 5.69 Å². The zero-order valence-corrected chi connectivity index (χ0v) is 11.5. The highest BCUT2D eigenvalue weighted by molar-refractivity contribution is 6.32. The van der Waals surface area contributed by atoms with Gasteiger partial charge in [-0.05, 0) is 25.0 Å². The molecule has 5 nitrogen and oxygen atoms in total. The number of methoxy groups -OCH3 is 1. The Kier molecular flexibility index (Phi) is 4.61. The molecule has 1 aliphatic carbocycles. The summed E-state index contributed by atoms with van der Waals surface area (Å²) in [7, 11) is 1.72. The predicted octanol–water partition coefficient (Wildman–Crippen LogP) is 3.62. The number of anilines is 1. The van der Waals surface area contributed by atoms with Gasteiger partial charge in [0.1, 0.15) is 5.02 Å². The van der Waals surface area contributed by atoms with E-state index >= 15 is 0 Å². The Morgan fingerprint density at radius 3 is 2.79 bits per heavy atom. The highest BCUT2D eigenvalue weighted by atomic mass is 35.5. The van der Waals surface area contributed by atoms with Gasteiger partial charge >= 0.3 is 0 Å². The maximum atomic E-state index is 10.7. The van der Waals surface area contributed by atoms with Crippen molar-refractivity contribution in [3.05, 3.63) is 33.3 Å². The highest BCUT2D eigenvalue weighted by Crippen LogP contribution is 2.29. The molecule has 0 radical (unpaired) electrons. The van der Waals surface area contributed by atoms with Gasteiger partial charge in [-0.15, -0.1) is 0 Å². The molecule has 6 heteroatoms. The van der Waals surface area contributed by atoms with Crippen molar-refractivity contribution in [2.45, 2.75) is 37.8 Å². The second kappa shape index (κ2) is 6.21. The minimum absolute atomic E-state index is 0.0702. The molecule has 0 aromatic heterocycles. The van der Waals surface area contributed by atoms with Crippen LogP contribution in [0.25, 0.3) is 0 Å². The van der Waals surface area contributed by atoms with Gasteiger partial charge in [-0.25, -0.2) is 0 Å². The van der Waals surface area contributed by atoms with Gasteiger partial charge in [-0.2, -0.15) is 0 Å². The third-order valence-electron chi connectivity index (χ3n) is 3.50. The lowest BCUT2D eigenvalue weighted by molar-refractivity contribution is -0.384. The van der Waals surface area contributed by atoms with Gasteiger partial charge in [-0.3, -0.25) is 10.1 Å². The lowest BCUT2D eigenvalue weighted by Crippen LogP contribution is -2.37. The van der Waals surface area contributed by atoms with Crippen molar-refractivity contribution in [1.82, 2.24) is 0 Å². The molecule has 0 amide bonds. The number of hydrogen-bond acceptors (Lipinski definition) is 4. The molecule has 1 fully saturated rings. The Bertz CT molecular complexity index is 467. The van der Waals surface area contributed by atoms with E-state index in [2.05, 4.69) is 5.32 Å². The normalized spacial score (nSPS) is 23.1. The van der Waals surface area contributed by atoms with Gasteiger partial charge < -0.3 is 10.1 Å². The molecule has 0 spiro atoms. The molecule has 1 aromatic carbocycles. The van der Waals surface area contributed by atoms with Crippen LogP contribution in [0.1, 0.15) is 25.7 Å².